The van der Waals surface area contributed by atoms with Gasteiger partial charge in [0.15, 0.2) is 0 Å². The normalized spacial score (nSPS) is 12.8. The first-order chi connectivity index (χ1) is 33.7. The van der Waals surface area contributed by atoms with E-state index in [-0.39, 0.29) is 0 Å². The van der Waals surface area contributed by atoms with Gasteiger partial charge in [-0.05, 0) is 117 Å². The summed E-state index contributed by atoms with van der Waals surface area (Å²) >= 11 is 0. The molecule has 0 unspecified atom stereocenters. The molecule has 2 heterocycles. The van der Waals surface area contributed by atoms with Gasteiger partial charge in [-0.15, -0.1) is 0 Å². The quantitative estimate of drug-likeness (QED) is 0.159. The lowest BCUT2D eigenvalue weighted by Gasteiger charge is -2.34. The summed E-state index contributed by atoms with van der Waals surface area (Å²) in [4.78, 5) is 2.50. The Labute approximate surface area is 394 Å². The van der Waals surface area contributed by atoms with Crippen molar-refractivity contribution in [2.75, 3.05) is 4.90 Å². The van der Waals surface area contributed by atoms with Crippen LogP contribution in [0.25, 0.3) is 82.5 Å². The van der Waals surface area contributed by atoms with Crippen LogP contribution in [0.4, 0.5) is 17.1 Å². The zero-order chi connectivity index (χ0) is 44.8. The van der Waals surface area contributed by atoms with E-state index in [1.54, 1.807) is 0 Å². The molecule has 1 aliphatic rings. The average molecular weight is 867 g/mol. The first kappa shape index (κ1) is 38.4. The third-order valence-corrected chi connectivity index (χ3v) is 14.4. The van der Waals surface area contributed by atoms with Crippen LogP contribution in [0.15, 0.2) is 259 Å². The number of hydrogen-bond donors (Lipinski definition) is 0. The molecule has 0 spiro atoms. The molecule has 0 amide bonds. The summed E-state index contributed by atoms with van der Waals surface area (Å²) in [5, 5.41) is 7.08. The monoisotopic (exact) mass is 866 g/mol. The molecule has 68 heavy (non-hydrogen) atoms. The second-order valence-electron chi connectivity index (χ2n) is 18.0. The highest BCUT2D eigenvalue weighted by atomic mass is 16.3. The molecule has 0 aliphatic heterocycles. The van der Waals surface area contributed by atoms with E-state index < -0.39 is 5.41 Å². The Morgan fingerprint density at radius 1 is 0.368 bits per heavy atom. The fourth-order valence-corrected chi connectivity index (χ4v) is 11.6. The molecule has 3 heteroatoms. The average Bonchev–Trinajstić information content (AvgIpc) is 4.05. The molecule has 0 saturated carbocycles. The van der Waals surface area contributed by atoms with Crippen LogP contribution in [-0.4, -0.2) is 4.57 Å². The van der Waals surface area contributed by atoms with Gasteiger partial charge in [-0.25, -0.2) is 0 Å². The predicted molar refractivity (Wildman–Crippen MR) is 283 cm³/mol. The molecule has 0 N–H and O–H groups in total. The van der Waals surface area contributed by atoms with E-state index in [1.807, 2.05) is 0 Å². The molecule has 318 valence electrons. The molecule has 1 aliphatic carbocycles. The molecule has 14 rings (SSSR count). The number of nitrogens with zero attached hydrogens (tertiary/aromatic N) is 2. The topological polar surface area (TPSA) is 21.3 Å². The first-order valence-electron chi connectivity index (χ1n) is 23.4. The lowest BCUT2D eigenvalue weighted by molar-refractivity contribution is 0.669. The van der Waals surface area contributed by atoms with E-state index in [1.165, 1.54) is 66.0 Å². The van der Waals surface area contributed by atoms with Gasteiger partial charge in [0.1, 0.15) is 11.2 Å². The Kier molecular flexibility index (Phi) is 8.50. The number of hydrogen-bond acceptors (Lipinski definition) is 2. The molecule has 2 aromatic heterocycles. The molecule has 3 nitrogen and oxygen atoms in total. The van der Waals surface area contributed by atoms with Crippen molar-refractivity contribution >= 4 is 71.6 Å². The number of benzene rings is 11. The molecule has 0 radical (unpaired) electrons. The van der Waals surface area contributed by atoms with Crippen LogP contribution < -0.4 is 4.90 Å². The highest BCUT2D eigenvalue weighted by Gasteiger charge is 2.47. The van der Waals surface area contributed by atoms with Gasteiger partial charge in [0.25, 0.3) is 0 Å². The van der Waals surface area contributed by atoms with Crippen LogP contribution in [-0.2, 0) is 5.41 Å². The summed E-state index contributed by atoms with van der Waals surface area (Å²) in [6.07, 6.45) is 0. The summed E-state index contributed by atoms with van der Waals surface area (Å²) in [6, 6.07) is 93.2. The minimum atomic E-state index is -0.548. The van der Waals surface area contributed by atoms with Gasteiger partial charge in [-0.3, -0.25) is 0 Å². The van der Waals surface area contributed by atoms with Gasteiger partial charge in [0.05, 0.1) is 27.8 Å². The predicted octanol–water partition coefficient (Wildman–Crippen LogP) is 17.3. The van der Waals surface area contributed by atoms with Crippen LogP contribution >= 0.6 is 0 Å². The minimum Gasteiger partial charge on any atom is -0.456 e. The Bertz CT molecular complexity index is 3990. The van der Waals surface area contributed by atoms with Crippen molar-refractivity contribution in [1.29, 1.82) is 0 Å². The summed E-state index contributed by atoms with van der Waals surface area (Å²) in [7, 11) is 0. The Balaban J connectivity index is 1.02. The largest absolute Gasteiger partial charge is 0.456 e. The third-order valence-electron chi connectivity index (χ3n) is 14.4. The summed E-state index contributed by atoms with van der Waals surface area (Å²) in [5.74, 6) is 0. The van der Waals surface area contributed by atoms with Gasteiger partial charge in [-0.1, -0.05) is 182 Å². The Morgan fingerprint density at radius 3 is 1.65 bits per heavy atom. The van der Waals surface area contributed by atoms with Crippen molar-refractivity contribution in [2.24, 2.45) is 0 Å². The second kappa shape index (κ2) is 15.1. The minimum absolute atomic E-state index is 0.548. The standard InChI is InChI=1S/C65H42N2O/c1-3-20-46(21-4-1)65(47-22-5-2-6-23-47)56-28-13-9-27-53(56)64-57(65)29-17-33-61(64)67(49-37-35-48(36-38-49)66-59-31-15-11-25-51(59)52-26-12-16-32-60(52)66)58-30-14-10-24-50(58)45-34-39-62-54(41-45)55-40-43-18-7-8-19-44(43)42-63(55)68-62/h1-42H. The number of rotatable bonds is 7. The number of furan rings is 1. The van der Waals surface area contributed by atoms with Crippen LogP contribution in [0.3, 0.4) is 0 Å². The van der Waals surface area contributed by atoms with Crippen molar-refractivity contribution in [3.63, 3.8) is 0 Å². The first-order valence-corrected chi connectivity index (χ1v) is 23.4. The van der Waals surface area contributed by atoms with Crippen LogP contribution in [0.1, 0.15) is 22.3 Å². The number of aromatic nitrogens is 1. The summed E-state index contributed by atoms with van der Waals surface area (Å²) in [5.41, 5.74) is 17.7. The highest BCUT2D eigenvalue weighted by Crippen LogP contribution is 2.60. The highest BCUT2D eigenvalue weighted by molar-refractivity contribution is 6.12. The molecule has 13 aromatic rings. The van der Waals surface area contributed by atoms with Gasteiger partial charge < -0.3 is 13.9 Å². The molecule has 0 fully saturated rings. The number of para-hydroxylation sites is 3. The summed E-state index contributed by atoms with van der Waals surface area (Å²) < 4.78 is 8.92. The van der Waals surface area contributed by atoms with Crippen molar-refractivity contribution in [2.45, 2.75) is 5.41 Å². The fraction of sp³-hybridized carbons (Fsp3) is 0.0154. The molecule has 0 saturated heterocycles. The molecule has 0 atom stereocenters. The maximum atomic E-state index is 6.53. The lowest BCUT2D eigenvalue weighted by atomic mass is 9.68. The molecule has 11 aromatic carbocycles. The Morgan fingerprint density at radius 2 is 0.926 bits per heavy atom. The van der Waals surface area contributed by atoms with Crippen molar-refractivity contribution < 1.29 is 4.42 Å². The fourth-order valence-electron chi connectivity index (χ4n) is 11.6. The van der Waals surface area contributed by atoms with E-state index in [0.29, 0.717) is 0 Å². The lowest BCUT2D eigenvalue weighted by Crippen LogP contribution is -2.28. The van der Waals surface area contributed by atoms with Gasteiger partial charge in [0, 0.05) is 44.0 Å². The van der Waals surface area contributed by atoms with Crippen molar-refractivity contribution in [3.8, 4) is 27.9 Å². The number of anilines is 3. The van der Waals surface area contributed by atoms with Crippen LogP contribution in [0.5, 0.6) is 0 Å². The smallest absolute Gasteiger partial charge is 0.136 e. The van der Waals surface area contributed by atoms with Gasteiger partial charge in [-0.2, -0.15) is 0 Å². The molecular formula is C65H42N2O. The maximum absolute atomic E-state index is 6.53. The van der Waals surface area contributed by atoms with Crippen molar-refractivity contribution in [1.82, 2.24) is 4.57 Å². The van der Waals surface area contributed by atoms with Gasteiger partial charge in [0.2, 0.25) is 0 Å². The van der Waals surface area contributed by atoms with E-state index >= 15 is 0 Å². The van der Waals surface area contributed by atoms with Crippen molar-refractivity contribution in [3.05, 3.63) is 277 Å². The van der Waals surface area contributed by atoms with E-state index in [2.05, 4.69) is 264 Å². The zero-order valence-electron chi connectivity index (χ0n) is 37.1. The van der Waals surface area contributed by atoms with E-state index in [9.17, 15) is 0 Å². The van der Waals surface area contributed by atoms with E-state index in [0.717, 1.165) is 55.8 Å². The Hall–Kier alpha value is -8.92. The van der Waals surface area contributed by atoms with Crippen LogP contribution in [0, 0.1) is 0 Å². The van der Waals surface area contributed by atoms with Crippen LogP contribution in [0.2, 0.25) is 0 Å². The van der Waals surface area contributed by atoms with E-state index in [4.69, 9.17) is 4.42 Å². The number of fused-ring (bicyclic) bond motifs is 10. The molecule has 0 bridgehead atoms. The zero-order valence-corrected chi connectivity index (χ0v) is 37.1. The SMILES string of the molecule is c1ccc(C2(c3ccccc3)c3ccccc3-c3c(N(c4ccc(-n5c6ccccc6c6ccccc65)cc4)c4ccccc4-c4ccc5oc6cc7ccccc7cc6c5c4)cccc32)cc1. The second-order valence-corrected chi connectivity index (χ2v) is 18.0. The van der Waals surface area contributed by atoms with Gasteiger partial charge >= 0.3 is 0 Å². The maximum Gasteiger partial charge on any atom is 0.136 e. The summed E-state index contributed by atoms with van der Waals surface area (Å²) in [6.45, 7) is 0. The molecular weight excluding hydrogens is 825 g/mol. The third kappa shape index (κ3) is 5.60.